The summed E-state index contributed by atoms with van der Waals surface area (Å²) in [5.41, 5.74) is 1.68. The highest BCUT2D eigenvalue weighted by Gasteiger charge is 2.32. The molecule has 0 fully saturated rings. The Kier molecular flexibility index (Phi) is 1.88. The predicted octanol–water partition coefficient (Wildman–Crippen LogP) is 2.25. The van der Waals surface area contributed by atoms with Crippen molar-refractivity contribution < 1.29 is 4.79 Å². The van der Waals surface area contributed by atoms with Gasteiger partial charge in [-0.3, -0.25) is 14.3 Å². The zero-order valence-corrected chi connectivity index (χ0v) is 9.62. The molecule has 1 aromatic carbocycles. The van der Waals surface area contributed by atoms with Gasteiger partial charge in [-0.25, -0.2) is 0 Å². The summed E-state index contributed by atoms with van der Waals surface area (Å²) >= 11 is 5.32. The first-order chi connectivity index (χ1) is 7.74. The Bertz CT molecular complexity index is 615. The number of carbonyl (C=O) groups excluding carboxylic acids is 1. The van der Waals surface area contributed by atoms with Crippen LogP contribution >= 0.6 is 12.2 Å². The van der Waals surface area contributed by atoms with Gasteiger partial charge in [0.15, 0.2) is 5.11 Å². The lowest BCUT2D eigenvalue weighted by Gasteiger charge is -2.12. The summed E-state index contributed by atoms with van der Waals surface area (Å²) in [6.07, 6.45) is 0. The lowest BCUT2D eigenvalue weighted by atomic mass is 10.2. The van der Waals surface area contributed by atoms with E-state index in [-0.39, 0.29) is 5.91 Å². The number of hydrogen-bond donors (Lipinski definition) is 0. The fourth-order valence-electron chi connectivity index (χ4n) is 2.14. The Hall–Kier alpha value is -1.68. The number of aromatic nitrogens is 1. The molecule has 3 rings (SSSR count). The highest BCUT2D eigenvalue weighted by atomic mass is 32.1. The Balaban J connectivity index is 2.33. The van der Waals surface area contributed by atoms with E-state index in [0.29, 0.717) is 17.4 Å². The van der Waals surface area contributed by atoms with Crippen LogP contribution in [0, 0.1) is 0 Å². The maximum absolute atomic E-state index is 12.0. The number of para-hydroxylation sites is 1. The smallest absolute Gasteiger partial charge is 0.277 e. The molecule has 80 valence electrons. The van der Waals surface area contributed by atoms with Crippen molar-refractivity contribution >= 4 is 34.1 Å². The molecule has 2 aromatic rings. The molecule has 1 aromatic heterocycles. The summed E-state index contributed by atoms with van der Waals surface area (Å²) < 4.78 is 1.86. The monoisotopic (exact) mass is 230 g/mol. The van der Waals surface area contributed by atoms with Crippen LogP contribution in [0.2, 0.25) is 0 Å². The van der Waals surface area contributed by atoms with Gasteiger partial charge in [-0.1, -0.05) is 18.2 Å². The molecule has 0 spiro atoms. The van der Waals surface area contributed by atoms with E-state index in [9.17, 15) is 4.79 Å². The number of nitrogens with zero attached hydrogens (tertiary/aromatic N) is 2. The van der Waals surface area contributed by atoms with Crippen molar-refractivity contribution in [1.29, 1.82) is 0 Å². The number of hydrogen-bond acceptors (Lipinski definition) is 2. The van der Waals surface area contributed by atoms with Gasteiger partial charge in [0.1, 0.15) is 5.69 Å². The highest BCUT2D eigenvalue weighted by Crippen LogP contribution is 2.26. The van der Waals surface area contributed by atoms with Gasteiger partial charge in [-0.2, -0.15) is 0 Å². The number of thiocarbonyl (C=S) groups is 1. The molecule has 0 unspecified atom stereocenters. The van der Waals surface area contributed by atoms with E-state index >= 15 is 0 Å². The van der Waals surface area contributed by atoms with Gasteiger partial charge in [0, 0.05) is 11.9 Å². The fraction of sp³-hybridized carbons (Fsp3) is 0.167. The second-order valence-corrected chi connectivity index (χ2v) is 4.12. The second kappa shape index (κ2) is 3.15. The molecule has 1 amide bonds. The maximum Gasteiger partial charge on any atom is 0.277 e. The number of amides is 1. The van der Waals surface area contributed by atoms with Crippen molar-refractivity contribution in [3.63, 3.8) is 0 Å². The SMILES string of the molecule is CCN1C(=O)c2cc3ccccc3n2C1=S. The third-order valence-electron chi connectivity index (χ3n) is 2.91. The van der Waals surface area contributed by atoms with Gasteiger partial charge in [-0.15, -0.1) is 0 Å². The molecule has 2 heterocycles. The minimum atomic E-state index is 0.00343. The minimum Gasteiger partial charge on any atom is -0.283 e. The maximum atomic E-state index is 12.0. The second-order valence-electron chi connectivity index (χ2n) is 3.76. The van der Waals surface area contributed by atoms with E-state index in [1.54, 1.807) is 4.90 Å². The molecule has 3 nitrogen and oxygen atoms in total. The van der Waals surface area contributed by atoms with Gasteiger partial charge >= 0.3 is 0 Å². The van der Waals surface area contributed by atoms with Crippen LogP contribution in [0.15, 0.2) is 30.3 Å². The molecule has 0 saturated heterocycles. The Morgan fingerprint density at radius 1 is 1.31 bits per heavy atom. The average Bonchev–Trinajstić information content (AvgIpc) is 2.77. The normalized spacial score (nSPS) is 14.9. The lowest BCUT2D eigenvalue weighted by Crippen LogP contribution is -2.30. The quantitative estimate of drug-likeness (QED) is 0.702. The molecule has 0 saturated carbocycles. The third-order valence-corrected chi connectivity index (χ3v) is 3.32. The van der Waals surface area contributed by atoms with Crippen LogP contribution in [0.4, 0.5) is 0 Å². The highest BCUT2D eigenvalue weighted by molar-refractivity contribution is 7.80. The van der Waals surface area contributed by atoms with E-state index in [1.807, 2.05) is 41.8 Å². The van der Waals surface area contributed by atoms with Gasteiger partial charge in [-0.05, 0) is 31.3 Å². The molecule has 0 N–H and O–H groups in total. The lowest BCUT2D eigenvalue weighted by molar-refractivity contribution is 0.0866. The minimum absolute atomic E-state index is 0.00343. The average molecular weight is 230 g/mol. The Labute approximate surface area is 98.3 Å². The summed E-state index contributed by atoms with van der Waals surface area (Å²) in [5.74, 6) is 0.00343. The summed E-state index contributed by atoms with van der Waals surface area (Å²) in [6, 6.07) is 9.80. The first kappa shape index (κ1) is 9.54. The number of carbonyl (C=O) groups is 1. The number of benzene rings is 1. The Morgan fingerprint density at radius 3 is 2.81 bits per heavy atom. The van der Waals surface area contributed by atoms with E-state index < -0.39 is 0 Å². The molecular weight excluding hydrogens is 220 g/mol. The van der Waals surface area contributed by atoms with E-state index in [0.717, 1.165) is 10.9 Å². The standard InChI is InChI=1S/C12H10N2OS/c1-2-13-11(15)10-7-8-5-3-4-6-9(8)14(10)12(13)16/h3-7H,2H2,1H3. The number of rotatable bonds is 1. The molecule has 0 atom stereocenters. The number of fused-ring (bicyclic) bond motifs is 3. The Morgan fingerprint density at radius 2 is 2.06 bits per heavy atom. The molecule has 1 aliphatic rings. The largest absolute Gasteiger partial charge is 0.283 e. The molecule has 16 heavy (non-hydrogen) atoms. The molecule has 0 radical (unpaired) electrons. The van der Waals surface area contributed by atoms with Gasteiger partial charge in [0.2, 0.25) is 0 Å². The van der Waals surface area contributed by atoms with Crippen LogP contribution in [0.25, 0.3) is 10.9 Å². The zero-order valence-electron chi connectivity index (χ0n) is 8.80. The molecule has 4 heteroatoms. The molecule has 0 aliphatic carbocycles. The van der Waals surface area contributed by atoms with E-state index in [1.165, 1.54) is 0 Å². The summed E-state index contributed by atoms with van der Waals surface area (Å²) in [6.45, 7) is 2.55. The van der Waals surface area contributed by atoms with Crippen LogP contribution in [-0.2, 0) is 0 Å². The van der Waals surface area contributed by atoms with Crippen molar-refractivity contribution in [1.82, 2.24) is 9.47 Å². The molecule has 1 aliphatic heterocycles. The van der Waals surface area contributed by atoms with Gasteiger partial charge in [0.25, 0.3) is 5.91 Å². The van der Waals surface area contributed by atoms with E-state index in [2.05, 4.69) is 0 Å². The predicted molar refractivity (Wildman–Crippen MR) is 66.6 cm³/mol. The van der Waals surface area contributed by atoms with Crippen molar-refractivity contribution in [3.05, 3.63) is 36.0 Å². The summed E-state index contributed by atoms with van der Waals surface area (Å²) in [5, 5.41) is 1.65. The van der Waals surface area contributed by atoms with E-state index in [4.69, 9.17) is 12.2 Å². The van der Waals surface area contributed by atoms with Gasteiger partial charge in [0.05, 0.1) is 5.52 Å². The van der Waals surface area contributed by atoms with Crippen molar-refractivity contribution in [3.8, 4) is 0 Å². The van der Waals surface area contributed by atoms with Crippen LogP contribution < -0.4 is 0 Å². The zero-order chi connectivity index (χ0) is 11.3. The first-order valence-electron chi connectivity index (χ1n) is 5.20. The van der Waals surface area contributed by atoms with Crippen molar-refractivity contribution in [2.75, 3.05) is 6.54 Å². The van der Waals surface area contributed by atoms with Crippen LogP contribution in [0.1, 0.15) is 17.4 Å². The molecular formula is C12H10N2OS. The molecule has 0 bridgehead atoms. The third kappa shape index (κ3) is 1.02. The first-order valence-corrected chi connectivity index (χ1v) is 5.61. The van der Waals surface area contributed by atoms with Crippen LogP contribution in [0.3, 0.4) is 0 Å². The van der Waals surface area contributed by atoms with Crippen molar-refractivity contribution in [2.24, 2.45) is 0 Å². The van der Waals surface area contributed by atoms with Gasteiger partial charge < -0.3 is 0 Å². The van der Waals surface area contributed by atoms with Crippen molar-refractivity contribution in [2.45, 2.75) is 6.92 Å². The summed E-state index contributed by atoms with van der Waals surface area (Å²) in [7, 11) is 0. The van der Waals surface area contributed by atoms with Crippen LogP contribution in [0.5, 0.6) is 0 Å². The van der Waals surface area contributed by atoms with Crippen LogP contribution in [-0.4, -0.2) is 27.0 Å². The topological polar surface area (TPSA) is 25.2 Å². The summed E-state index contributed by atoms with van der Waals surface area (Å²) in [4.78, 5) is 13.6. The fourth-order valence-corrected chi connectivity index (χ4v) is 2.55.